The largest absolute Gasteiger partial charge is 0.497 e. The molecule has 1 aliphatic rings. The predicted molar refractivity (Wildman–Crippen MR) is 131 cm³/mol. The Morgan fingerprint density at radius 1 is 1.00 bits per heavy atom. The fourth-order valence-corrected chi connectivity index (χ4v) is 4.06. The second-order valence-corrected chi connectivity index (χ2v) is 8.12. The average molecular weight is 478 g/mol. The van der Waals surface area contributed by atoms with Crippen molar-refractivity contribution in [2.24, 2.45) is 5.92 Å². The molecule has 0 radical (unpaired) electrons. The van der Waals surface area contributed by atoms with E-state index in [0.717, 1.165) is 16.9 Å². The molecule has 3 aromatic rings. The quantitative estimate of drug-likeness (QED) is 0.247. The number of nitro groups is 1. The van der Waals surface area contributed by atoms with E-state index >= 15 is 0 Å². The van der Waals surface area contributed by atoms with Gasteiger partial charge in [-0.25, -0.2) is 0 Å². The number of nitrogens with zero attached hydrogens (tertiary/aromatic N) is 3. The monoisotopic (exact) mass is 477 g/mol. The average Bonchev–Trinajstić information content (AvgIpc) is 2.89. The van der Waals surface area contributed by atoms with Gasteiger partial charge in [-0.1, -0.05) is 24.3 Å². The van der Waals surface area contributed by atoms with Gasteiger partial charge in [0.1, 0.15) is 11.5 Å². The first-order chi connectivity index (χ1) is 17.0. The predicted octanol–water partition coefficient (Wildman–Crippen LogP) is 5.24. The number of esters is 1. The number of aromatic nitrogens is 1. The van der Waals surface area contributed by atoms with E-state index in [1.165, 1.54) is 12.1 Å². The molecule has 9 heteroatoms. The standard InChI is InChI=1S/C26H27N3O6/c1-3-34-26(30)20-14-16-28(17-15-20)25-23(29(31)32)12-13-24(27-25)35-22-10-6-19(7-11-22)18-4-8-21(33-2)9-5-18/h4-13,20H,3,14-17H2,1-2H3. The highest BCUT2D eigenvalue weighted by atomic mass is 16.6. The molecular formula is C26H27N3O6. The van der Waals surface area contributed by atoms with Crippen molar-refractivity contribution in [3.63, 3.8) is 0 Å². The van der Waals surface area contributed by atoms with Crippen LogP contribution in [0.25, 0.3) is 11.1 Å². The number of methoxy groups -OCH3 is 1. The Kier molecular flexibility index (Phi) is 7.45. The van der Waals surface area contributed by atoms with E-state index in [1.54, 1.807) is 14.0 Å². The van der Waals surface area contributed by atoms with Gasteiger partial charge in [-0.2, -0.15) is 4.98 Å². The lowest BCUT2D eigenvalue weighted by molar-refractivity contribution is -0.384. The highest BCUT2D eigenvalue weighted by Gasteiger charge is 2.30. The topological polar surface area (TPSA) is 104 Å². The van der Waals surface area contributed by atoms with Gasteiger partial charge in [0.05, 0.1) is 24.6 Å². The summed E-state index contributed by atoms with van der Waals surface area (Å²) in [5.41, 5.74) is 1.96. The van der Waals surface area contributed by atoms with Gasteiger partial charge in [-0.15, -0.1) is 0 Å². The normalized spacial score (nSPS) is 13.8. The van der Waals surface area contributed by atoms with Crippen LogP contribution in [0.4, 0.5) is 11.5 Å². The highest BCUT2D eigenvalue weighted by molar-refractivity contribution is 5.73. The number of hydrogen-bond acceptors (Lipinski definition) is 8. The summed E-state index contributed by atoms with van der Waals surface area (Å²) in [4.78, 5) is 29.5. The maximum atomic E-state index is 12.0. The van der Waals surface area contributed by atoms with E-state index in [4.69, 9.17) is 14.2 Å². The van der Waals surface area contributed by atoms with Crippen LogP contribution in [0.2, 0.25) is 0 Å². The number of benzene rings is 2. The number of carbonyl (C=O) groups excluding carboxylic acids is 1. The molecule has 9 nitrogen and oxygen atoms in total. The first-order valence-electron chi connectivity index (χ1n) is 11.5. The van der Waals surface area contributed by atoms with Crippen molar-refractivity contribution >= 4 is 17.5 Å². The van der Waals surface area contributed by atoms with Crippen LogP contribution in [0.3, 0.4) is 0 Å². The minimum Gasteiger partial charge on any atom is -0.497 e. The first kappa shape index (κ1) is 24.0. The molecule has 0 spiro atoms. The first-order valence-corrected chi connectivity index (χ1v) is 11.5. The zero-order valence-electron chi connectivity index (χ0n) is 19.7. The zero-order valence-corrected chi connectivity index (χ0v) is 19.7. The number of carbonyl (C=O) groups is 1. The molecule has 0 saturated carbocycles. The van der Waals surface area contributed by atoms with Gasteiger partial charge < -0.3 is 19.1 Å². The lowest BCUT2D eigenvalue weighted by atomic mass is 9.97. The van der Waals surface area contributed by atoms with Crippen molar-refractivity contribution in [2.75, 3.05) is 31.7 Å². The Balaban J connectivity index is 1.48. The van der Waals surface area contributed by atoms with E-state index < -0.39 is 4.92 Å². The van der Waals surface area contributed by atoms with E-state index in [0.29, 0.717) is 38.3 Å². The number of pyridine rings is 1. The summed E-state index contributed by atoms with van der Waals surface area (Å²) >= 11 is 0. The minimum absolute atomic E-state index is 0.0956. The van der Waals surface area contributed by atoms with Crippen LogP contribution in [0, 0.1) is 16.0 Å². The summed E-state index contributed by atoms with van der Waals surface area (Å²) in [5.74, 6) is 1.44. The summed E-state index contributed by atoms with van der Waals surface area (Å²) < 4.78 is 16.2. The zero-order chi connectivity index (χ0) is 24.8. The molecule has 0 unspecified atom stereocenters. The Morgan fingerprint density at radius 3 is 2.14 bits per heavy atom. The maximum absolute atomic E-state index is 12.0. The van der Waals surface area contributed by atoms with Gasteiger partial charge in [0.2, 0.25) is 11.7 Å². The Morgan fingerprint density at radius 2 is 1.60 bits per heavy atom. The number of ether oxygens (including phenoxy) is 3. The lowest BCUT2D eigenvalue weighted by Gasteiger charge is -2.31. The molecule has 0 N–H and O–H groups in total. The molecule has 0 amide bonds. The number of rotatable bonds is 8. The van der Waals surface area contributed by atoms with Gasteiger partial charge >= 0.3 is 11.7 Å². The van der Waals surface area contributed by atoms with Crippen molar-refractivity contribution in [1.82, 2.24) is 4.98 Å². The molecule has 35 heavy (non-hydrogen) atoms. The molecule has 4 rings (SSSR count). The fourth-order valence-electron chi connectivity index (χ4n) is 4.06. The second kappa shape index (κ2) is 10.9. The molecule has 0 bridgehead atoms. The number of piperidine rings is 1. The molecular weight excluding hydrogens is 450 g/mol. The molecule has 0 aliphatic carbocycles. The third-order valence-corrected chi connectivity index (χ3v) is 5.94. The van der Waals surface area contributed by atoms with E-state index in [9.17, 15) is 14.9 Å². The van der Waals surface area contributed by atoms with Crippen LogP contribution in [0.15, 0.2) is 60.7 Å². The van der Waals surface area contributed by atoms with Gasteiger partial charge in [0.25, 0.3) is 0 Å². The summed E-state index contributed by atoms with van der Waals surface area (Å²) in [6.45, 7) is 3.06. The minimum atomic E-state index is -0.451. The van der Waals surface area contributed by atoms with Crippen molar-refractivity contribution in [1.29, 1.82) is 0 Å². The molecule has 1 aromatic heterocycles. The highest BCUT2D eigenvalue weighted by Crippen LogP contribution is 2.34. The Bertz CT molecular complexity index is 1170. The summed E-state index contributed by atoms with van der Waals surface area (Å²) in [6.07, 6.45) is 1.10. The van der Waals surface area contributed by atoms with Crippen molar-refractivity contribution in [3.05, 3.63) is 70.8 Å². The fraction of sp³-hybridized carbons (Fsp3) is 0.308. The van der Waals surface area contributed by atoms with Gasteiger partial charge in [-0.3, -0.25) is 14.9 Å². The van der Waals surface area contributed by atoms with E-state index in [1.807, 2.05) is 53.4 Å². The molecule has 1 aliphatic heterocycles. The molecule has 182 valence electrons. The third kappa shape index (κ3) is 5.68. The van der Waals surface area contributed by atoms with Crippen LogP contribution in [0.1, 0.15) is 19.8 Å². The molecule has 1 fully saturated rings. The van der Waals surface area contributed by atoms with Crippen LogP contribution >= 0.6 is 0 Å². The van der Waals surface area contributed by atoms with Crippen LogP contribution in [-0.4, -0.2) is 42.7 Å². The molecule has 2 aromatic carbocycles. The van der Waals surface area contributed by atoms with Crippen LogP contribution in [-0.2, 0) is 9.53 Å². The third-order valence-electron chi connectivity index (χ3n) is 5.94. The summed E-state index contributed by atoms with van der Waals surface area (Å²) in [5, 5.41) is 11.6. The maximum Gasteiger partial charge on any atom is 0.311 e. The molecule has 1 saturated heterocycles. The SMILES string of the molecule is CCOC(=O)C1CCN(c2nc(Oc3ccc(-c4ccc(OC)cc4)cc3)ccc2[N+](=O)[O-])CC1. The van der Waals surface area contributed by atoms with Gasteiger partial charge in [-0.05, 0) is 55.2 Å². The van der Waals surface area contributed by atoms with E-state index in [2.05, 4.69) is 4.98 Å². The van der Waals surface area contributed by atoms with Crippen molar-refractivity contribution in [3.8, 4) is 28.5 Å². The smallest absolute Gasteiger partial charge is 0.311 e. The number of hydrogen-bond donors (Lipinski definition) is 0. The summed E-state index contributed by atoms with van der Waals surface area (Å²) in [6, 6.07) is 18.2. The molecule has 2 heterocycles. The lowest BCUT2D eigenvalue weighted by Crippen LogP contribution is -2.37. The van der Waals surface area contributed by atoms with E-state index in [-0.39, 0.29) is 29.3 Å². The van der Waals surface area contributed by atoms with Gasteiger partial charge in [0, 0.05) is 25.2 Å². The number of anilines is 1. The van der Waals surface area contributed by atoms with Crippen LogP contribution in [0.5, 0.6) is 17.4 Å². The Hall–Kier alpha value is -4.14. The van der Waals surface area contributed by atoms with Crippen molar-refractivity contribution in [2.45, 2.75) is 19.8 Å². The van der Waals surface area contributed by atoms with Gasteiger partial charge in [0.15, 0.2) is 0 Å². The molecule has 0 atom stereocenters. The second-order valence-electron chi connectivity index (χ2n) is 8.12. The van der Waals surface area contributed by atoms with Crippen molar-refractivity contribution < 1.29 is 23.9 Å². The van der Waals surface area contributed by atoms with Crippen LogP contribution < -0.4 is 14.4 Å². The Labute approximate surface area is 203 Å². The summed E-state index contributed by atoms with van der Waals surface area (Å²) in [7, 11) is 1.63.